The van der Waals surface area contributed by atoms with E-state index in [0.717, 1.165) is 12.8 Å². The molecule has 0 unspecified atom stereocenters. The van der Waals surface area contributed by atoms with Gasteiger partial charge >= 0.3 is 5.97 Å². The standard InChI is InChI=1S/C23H23N3O5S/c1-16-14-20(19-6-2-3-7-21(19)24-16)23(28)31-15-22(27)25-17-8-10-18(11-9-17)32(29,30)26-12-4-5-13-26/h2-3,6-11,14H,4-5,12-13,15H2,1H3,(H,25,27). The molecular weight excluding hydrogens is 430 g/mol. The van der Waals surface area contributed by atoms with Crippen molar-refractivity contribution in [3.05, 3.63) is 65.9 Å². The summed E-state index contributed by atoms with van der Waals surface area (Å²) in [5.41, 5.74) is 2.10. The van der Waals surface area contributed by atoms with Crippen LogP contribution in [-0.2, 0) is 19.6 Å². The summed E-state index contributed by atoms with van der Waals surface area (Å²) in [5.74, 6) is -1.14. The number of amides is 1. The molecule has 9 heteroatoms. The number of benzene rings is 2. The third kappa shape index (κ3) is 4.63. The summed E-state index contributed by atoms with van der Waals surface area (Å²) in [6.07, 6.45) is 1.72. The molecule has 1 fully saturated rings. The maximum absolute atomic E-state index is 12.6. The van der Waals surface area contributed by atoms with E-state index in [-0.39, 0.29) is 4.90 Å². The molecule has 1 aromatic heterocycles. The number of nitrogens with one attached hydrogen (secondary N) is 1. The molecule has 3 aromatic rings. The van der Waals surface area contributed by atoms with E-state index in [9.17, 15) is 18.0 Å². The van der Waals surface area contributed by atoms with Crippen molar-refractivity contribution in [3.8, 4) is 0 Å². The molecule has 2 aromatic carbocycles. The molecule has 1 N–H and O–H groups in total. The number of hydrogen-bond donors (Lipinski definition) is 1. The Morgan fingerprint density at radius 1 is 1.06 bits per heavy atom. The Bertz CT molecular complexity index is 1270. The summed E-state index contributed by atoms with van der Waals surface area (Å²) in [7, 11) is -3.51. The van der Waals surface area contributed by atoms with Crippen LogP contribution >= 0.6 is 0 Å². The summed E-state index contributed by atoms with van der Waals surface area (Å²) in [6.45, 7) is 2.36. The van der Waals surface area contributed by atoms with Gasteiger partial charge in [-0.2, -0.15) is 4.31 Å². The number of aryl methyl sites for hydroxylation is 1. The fourth-order valence-corrected chi connectivity index (χ4v) is 5.19. The van der Waals surface area contributed by atoms with Gasteiger partial charge in [0.05, 0.1) is 16.0 Å². The Kier molecular flexibility index (Phi) is 6.20. The smallest absolute Gasteiger partial charge is 0.339 e. The Morgan fingerprint density at radius 3 is 2.47 bits per heavy atom. The minimum Gasteiger partial charge on any atom is -0.452 e. The molecule has 1 saturated heterocycles. The van der Waals surface area contributed by atoms with Crippen LogP contribution < -0.4 is 5.32 Å². The highest BCUT2D eigenvalue weighted by Crippen LogP contribution is 2.22. The summed E-state index contributed by atoms with van der Waals surface area (Å²) in [5, 5.41) is 3.26. The number of aromatic nitrogens is 1. The van der Waals surface area contributed by atoms with Gasteiger partial charge in [-0.15, -0.1) is 0 Å². The second kappa shape index (κ2) is 9.05. The van der Waals surface area contributed by atoms with Crippen LogP contribution in [0.3, 0.4) is 0 Å². The van der Waals surface area contributed by atoms with Crippen LogP contribution in [0, 0.1) is 6.92 Å². The number of anilines is 1. The number of sulfonamides is 1. The number of ether oxygens (including phenoxy) is 1. The van der Waals surface area contributed by atoms with Crippen molar-refractivity contribution < 1.29 is 22.7 Å². The van der Waals surface area contributed by atoms with Gasteiger partial charge in [-0.05, 0) is 56.2 Å². The highest BCUT2D eigenvalue weighted by atomic mass is 32.2. The highest BCUT2D eigenvalue weighted by molar-refractivity contribution is 7.89. The van der Waals surface area contributed by atoms with Crippen LogP contribution in [0.25, 0.3) is 10.9 Å². The first kappa shape index (κ1) is 21.9. The molecule has 0 aliphatic carbocycles. The van der Waals surface area contributed by atoms with E-state index in [2.05, 4.69) is 10.3 Å². The fraction of sp³-hybridized carbons (Fsp3) is 0.261. The van der Waals surface area contributed by atoms with E-state index in [4.69, 9.17) is 4.74 Å². The van der Waals surface area contributed by atoms with Gasteiger partial charge < -0.3 is 10.1 Å². The number of pyridine rings is 1. The van der Waals surface area contributed by atoms with Gasteiger partial charge in [-0.1, -0.05) is 18.2 Å². The van der Waals surface area contributed by atoms with Gasteiger partial charge in [0, 0.05) is 29.9 Å². The van der Waals surface area contributed by atoms with Gasteiger partial charge in [-0.25, -0.2) is 13.2 Å². The normalized spacial score (nSPS) is 14.4. The number of para-hydroxylation sites is 1. The zero-order valence-electron chi connectivity index (χ0n) is 17.6. The third-order valence-corrected chi connectivity index (χ3v) is 7.15. The molecule has 0 radical (unpaired) electrons. The molecular formula is C23H23N3O5S. The van der Waals surface area contributed by atoms with Gasteiger partial charge in [0.15, 0.2) is 6.61 Å². The number of rotatable bonds is 6. The van der Waals surface area contributed by atoms with Gasteiger partial charge in [0.2, 0.25) is 10.0 Å². The van der Waals surface area contributed by atoms with Crippen LogP contribution in [0.2, 0.25) is 0 Å². The first-order chi connectivity index (χ1) is 15.3. The van der Waals surface area contributed by atoms with Gasteiger partial charge in [0.1, 0.15) is 0 Å². The Hall–Kier alpha value is -3.30. The number of carbonyl (C=O) groups excluding carboxylic acids is 2. The largest absolute Gasteiger partial charge is 0.452 e. The molecule has 0 spiro atoms. The topological polar surface area (TPSA) is 106 Å². The lowest BCUT2D eigenvalue weighted by Gasteiger charge is -2.15. The molecule has 8 nitrogen and oxygen atoms in total. The molecule has 32 heavy (non-hydrogen) atoms. The average molecular weight is 454 g/mol. The van der Waals surface area contributed by atoms with E-state index in [0.29, 0.717) is 40.9 Å². The quantitative estimate of drug-likeness (QED) is 0.575. The lowest BCUT2D eigenvalue weighted by molar-refractivity contribution is -0.119. The molecule has 0 atom stereocenters. The third-order valence-electron chi connectivity index (χ3n) is 5.24. The number of esters is 1. The predicted octanol–water partition coefficient (Wildman–Crippen LogP) is 3.12. The molecule has 166 valence electrons. The number of carbonyl (C=O) groups is 2. The molecule has 0 bridgehead atoms. The van der Waals surface area contributed by atoms with E-state index < -0.39 is 28.5 Å². The number of hydrogen-bond acceptors (Lipinski definition) is 6. The Labute approximate surface area is 186 Å². The molecule has 1 amide bonds. The van der Waals surface area contributed by atoms with Crippen LogP contribution in [-0.4, -0.2) is 49.3 Å². The van der Waals surface area contributed by atoms with Crippen molar-refractivity contribution in [1.82, 2.24) is 9.29 Å². The molecule has 2 heterocycles. The van der Waals surface area contributed by atoms with Crippen LogP contribution in [0.5, 0.6) is 0 Å². The first-order valence-electron chi connectivity index (χ1n) is 10.3. The maximum atomic E-state index is 12.6. The van der Waals surface area contributed by atoms with Crippen molar-refractivity contribution >= 4 is 38.5 Å². The lowest BCUT2D eigenvalue weighted by Crippen LogP contribution is -2.27. The Morgan fingerprint density at radius 2 is 1.75 bits per heavy atom. The van der Waals surface area contributed by atoms with E-state index in [1.807, 2.05) is 6.07 Å². The average Bonchev–Trinajstić information content (AvgIpc) is 3.33. The zero-order chi connectivity index (χ0) is 22.7. The summed E-state index contributed by atoms with van der Waals surface area (Å²) in [6, 6.07) is 14.8. The van der Waals surface area contributed by atoms with Crippen molar-refractivity contribution in [1.29, 1.82) is 0 Å². The van der Waals surface area contributed by atoms with E-state index in [1.54, 1.807) is 31.2 Å². The monoisotopic (exact) mass is 453 g/mol. The Balaban J connectivity index is 1.38. The second-order valence-electron chi connectivity index (χ2n) is 7.59. The minimum absolute atomic E-state index is 0.184. The zero-order valence-corrected chi connectivity index (χ0v) is 18.4. The summed E-state index contributed by atoms with van der Waals surface area (Å²) >= 11 is 0. The second-order valence-corrected chi connectivity index (χ2v) is 9.53. The van der Waals surface area contributed by atoms with Gasteiger partial charge in [0.25, 0.3) is 5.91 Å². The first-order valence-corrected chi connectivity index (χ1v) is 11.7. The molecule has 4 rings (SSSR count). The number of nitrogens with zero attached hydrogens (tertiary/aromatic N) is 2. The highest BCUT2D eigenvalue weighted by Gasteiger charge is 2.27. The van der Waals surface area contributed by atoms with E-state index in [1.165, 1.54) is 28.6 Å². The van der Waals surface area contributed by atoms with Crippen molar-refractivity contribution in [2.24, 2.45) is 0 Å². The van der Waals surface area contributed by atoms with Crippen LogP contribution in [0.4, 0.5) is 5.69 Å². The lowest BCUT2D eigenvalue weighted by atomic mass is 10.1. The van der Waals surface area contributed by atoms with Crippen LogP contribution in [0.1, 0.15) is 28.9 Å². The van der Waals surface area contributed by atoms with Gasteiger partial charge in [-0.3, -0.25) is 9.78 Å². The van der Waals surface area contributed by atoms with Crippen LogP contribution in [0.15, 0.2) is 59.5 Å². The SMILES string of the molecule is Cc1cc(C(=O)OCC(=O)Nc2ccc(S(=O)(=O)N3CCCC3)cc2)c2ccccc2n1. The number of fused-ring (bicyclic) bond motifs is 1. The summed E-state index contributed by atoms with van der Waals surface area (Å²) < 4.78 is 31.8. The molecule has 1 aliphatic heterocycles. The molecule has 0 saturated carbocycles. The van der Waals surface area contributed by atoms with Crippen molar-refractivity contribution in [2.45, 2.75) is 24.7 Å². The van der Waals surface area contributed by atoms with Crippen molar-refractivity contribution in [2.75, 3.05) is 25.0 Å². The fourth-order valence-electron chi connectivity index (χ4n) is 3.67. The van der Waals surface area contributed by atoms with E-state index >= 15 is 0 Å². The minimum atomic E-state index is -3.51. The predicted molar refractivity (Wildman–Crippen MR) is 120 cm³/mol. The maximum Gasteiger partial charge on any atom is 0.339 e. The summed E-state index contributed by atoms with van der Waals surface area (Å²) in [4.78, 5) is 29.4. The molecule has 1 aliphatic rings. The van der Waals surface area contributed by atoms with Crippen molar-refractivity contribution in [3.63, 3.8) is 0 Å².